The Balaban J connectivity index is 1.66. The number of hydrogen-bond donors (Lipinski definition) is 2. The normalized spacial score (nSPS) is 26.0. The zero-order valence-electron chi connectivity index (χ0n) is 12.9. The molecule has 2 amide bonds. The van der Waals surface area contributed by atoms with Crippen molar-refractivity contribution in [2.45, 2.75) is 37.5 Å². The van der Waals surface area contributed by atoms with E-state index in [0.717, 1.165) is 26.2 Å². The lowest BCUT2D eigenvalue weighted by molar-refractivity contribution is -0.121. The summed E-state index contributed by atoms with van der Waals surface area (Å²) in [5.74, 6) is 0.658. The van der Waals surface area contributed by atoms with Crippen LogP contribution in [0.15, 0.2) is 29.2 Å². The zero-order valence-corrected chi connectivity index (χ0v) is 13.7. The molecule has 6 nitrogen and oxygen atoms in total. The Hall–Kier alpha value is -1.89. The lowest BCUT2D eigenvalue weighted by Gasteiger charge is -2.20. The highest BCUT2D eigenvalue weighted by atomic mass is 32.2. The van der Waals surface area contributed by atoms with Gasteiger partial charge in [0.25, 0.3) is 10.0 Å². The molecular formula is C16H20N2O4S. The largest absolute Gasteiger partial charge is 0.326 e. The number of amides is 2. The molecule has 0 spiro atoms. The van der Waals surface area contributed by atoms with Gasteiger partial charge in [-0.2, -0.15) is 0 Å². The fraction of sp³-hybridized carbons (Fsp3) is 0.500. The molecule has 0 aliphatic heterocycles. The highest BCUT2D eigenvalue weighted by molar-refractivity contribution is 7.90. The van der Waals surface area contributed by atoms with Crippen LogP contribution in [0.25, 0.3) is 0 Å². The molecule has 2 fully saturated rings. The third kappa shape index (κ3) is 3.39. The van der Waals surface area contributed by atoms with Gasteiger partial charge in [0, 0.05) is 18.5 Å². The highest BCUT2D eigenvalue weighted by Crippen LogP contribution is 2.48. The van der Waals surface area contributed by atoms with Crippen LogP contribution in [-0.4, -0.2) is 20.2 Å². The second-order valence-electron chi connectivity index (χ2n) is 6.46. The molecule has 3 rings (SSSR count). The molecule has 124 valence electrons. The Kier molecular flexibility index (Phi) is 4.14. The van der Waals surface area contributed by atoms with E-state index in [4.69, 9.17) is 0 Å². The Bertz CT molecular complexity index is 727. The van der Waals surface area contributed by atoms with Crippen LogP contribution in [0.4, 0.5) is 5.69 Å². The van der Waals surface area contributed by atoms with Gasteiger partial charge in [0.1, 0.15) is 0 Å². The topological polar surface area (TPSA) is 92.3 Å². The van der Waals surface area contributed by atoms with Gasteiger partial charge in [-0.15, -0.1) is 0 Å². The van der Waals surface area contributed by atoms with E-state index in [9.17, 15) is 18.0 Å². The molecule has 0 heterocycles. The maximum absolute atomic E-state index is 12.3. The molecule has 2 bridgehead atoms. The number of anilines is 1. The predicted molar refractivity (Wildman–Crippen MR) is 85.0 cm³/mol. The van der Waals surface area contributed by atoms with Crippen molar-refractivity contribution in [1.82, 2.24) is 4.72 Å². The molecule has 7 heteroatoms. The van der Waals surface area contributed by atoms with Crippen LogP contribution in [-0.2, 0) is 19.6 Å². The summed E-state index contributed by atoms with van der Waals surface area (Å²) in [4.78, 5) is 23.2. The van der Waals surface area contributed by atoms with E-state index >= 15 is 0 Å². The maximum atomic E-state index is 12.3. The van der Waals surface area contributed by atoms with Crippen molar-refractivity contribution in [1.29, 1.82) is 0 Å². The van der Waals surface area contributed by atoms with Gasteiger partial charge in [-0.3, -0.25) is 9.59 Å². The molecule has 0 radical (unpaired) electrons. The lowest BCUT2D eigenvalue weighted by atomic mass is 9.88. The molecular weight excluding hydrogens is 316 g/mol. The minimum Gasteiger partial charge on any atom is -0.326 e. The van der Waals surface area contributed by atoms with Crippen molar-refractivity contribution in [2.24, 2.45) is 17.8 Å². The van der Waals surface area contributed by atoms with Crippen LogP contribution in [0.1, 0.15) is 32.6 Å². The second-order valence-corrected chi connectivity index (χ2v) is 8.14. The first kappa shape index (κ1) is 16.0. The number of carbonyl (C=O) groups is 2. The third-order valence-electron chi connectivity index (χ3n) is 4.79. The molecule has 3 atom stereocenters. The van der Waals surface area contributed by atoms with Crippen LogP contribution >= 0.6 is 0 Å². The molecule has 23 heavy (non-hydrogen) atoms. The smallest absolute Gasteiger partial charge is 0.264 e. The molecule has 1 aromatic rings. The van der Waals surface area contributed by atoms with Crippen LogP contribution in [0, 0.1) is 17.8 Å². The predicted octanol–water partition coefficient (Wildman–Crippen LogP) is 1.89. The van der Waals surface area contributed by atoms with E-state index in [0.29, 0.717) is 17.5 Å². The fourth-order valence-corrected chi connectivity index (χ4v) is 4.76. The molecule has 0 saturated heterocycles. The number of sulfonamides is 1. The van der Waals surface area contributed by atoms with Crippen molar-refractivity contribution in [3.8, 4) is 0 Å². The minimum atomic E-state index is -3.84. The van der Waals surface area contributed by atoms with E-state index in [1.165, 1.54) is 18.6 Å². The Morgan fingerprint density at radius 1 is 1.09 bits per heavy atom. The Labute approximate surface area is 135 Å². The first-order valence-electron chi connectivity index (χ1n) is 7.79. The van der Waals surface area contributed by atoms with Gasteiger partial charge >= 0.3 is 0 Å². The Morgan fingerprint density at radius 3 is 2.30 bits per heavy atom. The first-order valence-corrected chi connectivity index (χ1v) is 9.28. The van der Waals surface area contributed by atoms with Gasteiger partial charge in [0.2, 0.25) is 11.8 Å². The molecule has 1 aromatic carbocycles. The van der Waals surface area contributed by atoms with E-state index in [2.05, 4.69) is 5.32 Å². The second kappa shape index (κ2) is 5.96. The lowest BCUT2D eigenvalue weighted by Crippen LogP contribution is -2.28. The van der Waals surface area contributed by atoms with Crippen molar-refractivity contribution < 1.29 is 18.0 Å². The molecule has 2 aliphatic rings. The van der Waals surface area contributed by atoms with E-state index in [-0.39, 0.29) is 16.7 Å². The van der Waals surface area contributed by atoms with Gasteiger partial charge < -0.3 is 5.32 Å². The van der Waals surface area contributed by atoms with Crippen LogP contribution in [0.2, 0.25) is 0 Å². The fourth-order valence-electron chi connectivity index (χ4n) is 3.77. The average Bonchev–Trinajstić information content (AvgIpc) is 3.09. The molecule has 2 aliphatic carbocycles. The monoisotopic (exact) mass is 336 g/mol. The van der Waals surface area contributed by atoms with Crippen molar-refractivity contribution in [3.63, 3.8) is 0 Å². The first-order chi connectivity index (χ1) is 10.8. The van der Waals surface area contributed by atoms with Crippen molar-refractivity contribution in [3.05, 3.63) is 24.3 Å². The number of nitrogens with one attached hydrogen (secondary N) is 2. The van der Waals surface area contributed by atoms with Crippen LogP contribution < -0.4 is 10.0 Å². The van der Waals surface area contributed by atoms with E-state index in [1.54, 1.807) is 12.1 Å². The number of hydrogen-bond acceptors (Lipinski definition) is 4. The number of carbonyl (C=O) groups excluding carboxylic acids is 2. The quantitative estimate of drug-likeness (QED) is 0.878. The summed E-state index contributed by atoms with van der Waals surface area (Å²) in [5, 5.41) is 2.87. The van der Waals surface area contributed by atoms with Crippen LogP contribution in [0.5, 0.6) is 0 Å². The third-order valence-corrected chi connectivity index (χ3v) is 6.23. The van der Waals surface area contributed by atoms with Gasteiger partial charge in [0.15, 0.2) is 0 Å². The summed E-state index contributed by atoms with van der Waals surface area (Å²) >= 11 is 0. The summed E-state index contributed by atoms with van der Waals surface area (Å²) in [5.41, 5.74) is 0.569. The number of fused-ring (bicyclic) bond motifs is 2. The number of rotatable bonds is 4. The highest BCUT2D eigenvalue weighted by Gasteiger charge is 2.42. The van der Waals surface area contributed by atoms with Gasteiger partial charge in [-0.05, 0) is 55.4 Å². The van der Waals surface area contributed by atoms with Crippen molar-refractivity contribution in [2.75, 3.05) is 5.32 Å². The molecule has 0 aromatic heterocycles. The van der Waals surface area contributed by atoms with Gasteiger partial charge in [-0.25, -0.2) is 13.1 Å². The van der Waals surface area contributed by atoms with Crippen LogP contribution in [0.3, 0.4) is 0 Å². The zero-order chi connectivity index (χ0) is 16.6. The number of benzene rings is 1. The molecule has 0 unspecified atom stereocenters. The molecule has 2 saturated carbocycles. The SMILES string of the molecule is CC(=O)NS(=O)(=O)c1ccc(NC(=O)[C@H]2C[C@H]3CC[C@@H]2C3)cc1. The van der Waals surface area contributed by atoms with E-state index in [1.807, 2.05) is 4.72 Å². The van der Waals surface area contributed by atoms with Gasteiger partial charge in [0.05, 0.1) is 4.90 Å². The summed E-state index contributed by atoms with van der Waals surface area (Å²) in [6, 6.07) is 5.84. The Morgan fingerprint density at radius 2 is 1.78 bits per heavy atom. The summed E-state index contributed by atoms with van der Waals surface area (Å²) < 4.78 is 25.6. The summed E-state index contributed by atoms with van der Waals surface area (Å²) in [6.07, 6.45) is 4.50. The summed E-state index contributed by atoms with van der Waals surface area (Å²) in [6.45, 7) is 1.14. The molecule has 2 N–H and O–H groups in total. The maximum Gasteiger partial charge on any atom is 0.264 e. The van der Waals surface area contributed by atoms with Gasteiger partial charge in [-0.1, -0.05) is 6.42 Å². The minimum absolute atomic E-state index is 0.00868. The van der Waals surface area contributed by atoms with E-state index < -0.39 is 15.9 Å². The standard InChI is InChI=1S/C16H20N2O4S/c1-10(19)18-23(21,22)14-6-4-13(5-7-14)17-16(20)15-9-11-2-3-12(15)8-11/h4-7,11-12,15H,2-3,8-9H2,1H3,(H,17,20)(H,18,19)/t11-,12+,15-/m0/s1. The average molecular weight is 336 g/mol. The summed E-state index contributed by atoms with van der Waals surface area (Å²) in [7, 11) is -3.84. The van der Waals surface area contributed by atoms with Crippen molar-refractivity contribution >= 4 is 27.5 Å².